The van der Waals surface area contributed by atoms with E-state index >= 15 is 0 Å². The van der Waals surface area contributed by atoms with E-state index in [4.69, 9.17) is 4.74 Å². The van der Waals surface area contributed by atoms with Crippen molar-refractivity contribution in [1.82, 2.24) is 0 Å². The van der Waals surface area contributed by atoms with Crippen molar-refractivity contribution in [1.29, 1.82) is 0 Å². The molecule has 1 aliphatic heterocycles. The van der Waals surface area contributed by atoms with Gasteiger partial charge in [0, 0.05) is 17.1 Å². The first-order valence-corrected chi connectivity index (χ1v) is 7.17. The predicted molar refractivity (Wildman–Crippen MR) is 75.5 cm³/mol. The number of fused-ring (bicyclic) bond motifs is 1. The fourth-order valence-corrected chi connectivity index (χ4v) is 4.00. The van der Waals surface area contributed by atoms with Crippen LogP contribution >= 0.6 is 0 Å². The summed E-state index contributed by atoms with van der Waals surface area (Å²) in [4.78, 5) is 11.3. The van der Waals surface area contributed by atoms with Gasteiger partial charge in [-0.15, -0.1) is 0 Å². The molecule has 1 saturated carbocycles. The number of rotatable bonds is 1. The zero-order valence-electron chi connectivity index (χ0n) is 12.2. The van der Waals surface area contributed by atoms with Crippen LogP contribution in [0.4, 0.5) is 0 Å². The molecule has 3 rings (SSSR count). The van der Waals surface area contributed by atoms with Crippen LogP contribution < -0.4 is 0 Å². The van der Waals surface area contributed by atoms with E-state index in [0.29, 0.717) is 12.5 Å². The molecular weight excluding hydrogens is 236 g/mol. The van der Waals surface area contributed by atoms with E-state index in [1.165, 1.54) is 24.0 Å². The molecule has 2 heteroatoms. The molecule has 2 atom stereocenters. The lowest BCUT2D eigenvalue weighted by Crippen LogP contribution is -2.39. The van der Waals surface area contributed by atoms with Crippen LogP contribution in [0.1, 0.15) is 40.5 Å². The van der Waals surface area contributed by atoms with Crippen molar-refractivity contribution in [2.45, 2.75) is 40.5 Å². The first-order chi connectivity index (χ1) is 8.85. The Balaban J connectivity index is 1.98. The molecular formula is C17H22O2. The van der Waals surface area contributed by atoms with Gasteiger partial charge in [0.05, 0.1) is 0 Å². The Hall–Kier alpha value is -1.31. The van der Waals surface area contributed by atoms with Gasteiger partial charge in [-0.1, -0.05) is 45.4 Å². The third kappa shape index (κ3) is 1.65. The highest BCUT2D eigenvalue weighted by Gasteiger charge is 2.49. The summed E-state index contributed by atoms with van der Waals surface area (Å²) in [7, 11) is 0. The zero-order chi connectivity index (χ0) is 13.8. The topological polar surface area (TPSA) is 26.3 Å². The van der Waals surface area contributed by atoms with Crippen LogP contribution in [0.25, 0.3) is 0 Å². The quantitative estimate of drug-likeness (QED) is 0.669. The van der Waals surface area contributed by atoms with Gasteiger partial charge in [0.25, 0.3) is 0 Å². The summed E-state index contributed by atoms with van der Waals surface area (Å²) in [5.74, 6) is 0.506. The molecule has 2 nitrogen and oxygen atoms in total. The number of esters is 1. The van der Waals surface area contributed by atoms with Gasteiger partial charge in [-0.3, -0.25) is 0 Å². The van der Waals surface area contributed by atoms with Crippen LogP contribution in [0.2, 0.25) is 0 Å². The number of cyclic esters (lactones) is 1. The van der Waals surface area contributed by atoms with Crippen molar-refractivity contribution in [3.63, 3.8) is 0 Å². The van der Waals surface area contributed by atoms with E-state index in [0.717, 1.165) is 5.57 Å². The lowest BCUT2D eigenvalue weighted by molar-refractivity contribution is -0.134. The predicted octanol–water partition coefficient (Wildman–Crippen LogP) is 3.80. The highest BCUT2D eigenvalue weighted by atomic mass is 16.5. The summed E-state index contributed by atoms with van der Waals surface area (Å²) in [5.41, 5.74) is 4.22. The van der Waals surface area contributed by atoms with Crippen LogP contribution in [0, 0.1) is 16.7 Å². The highest BCUT2D eigenvalue weighted by molar-refractivity contribution is 5.87. The second-order valence-corrected chi connectivity index (χ2v) is 6.93. The molecule has 3 aliphatic rings. The first kappa shape index (κ1) is 12.7. The van der Waals surface area contributed by atoms with E-state index < -0.39 is 0 Å². The van der Waals surface area contributed by atoms with Crippen LogP contribution in [-0.2, 0) is 9.53 Å². The van der Waals surface area contributed by atoms with E-state index in [1.807, 2.05) is 0 Å². The molecule has 1 fully saturated rings. The van der Waals surface area contributed by atoms with Gasteiger partial charge in [0.15, 0.2) is 0 Å². The first-order valence-electron chi connectivity index (χ1n) is 7.17. The number of carbonyl (C=O) groups is 1. The summed E-state index contributed by atoms with van der Waals surface area (Å²) < 4.78 is 5.08. The Bertz CT molecular complexity index is 533. The minimum atomic E-state index is -0.198. The summed E-state index contributed by atoms with van der Waals surface area (Å²) in [5, 5.41) is 0. The van der Waals surface area contributed by atoms with Crippen molar-refractivity contribution in [3.05, 3.63) is 34.9 Å². The Morgan fingerprint density at radius 3 is 2.63 bits per heavy atom. The highest BCUT2D eigenvalue weighted by Crippen LogP contribution is 2.60. The molecule has 0 amide bonds. The van der Waals surface area contributed by atoms with Crippen LogP contribution in [0.5, 0.6) is 0 Å². The van der Waals surface area contributed by atoms with Gasteiger partial charge in [-0.2, -0.15) is 0 Å². The Morgan fingerprint density at radius 2 is 2.00 bits per heavy atom. The minimum absolute atomic E-state index is 0.0931. The zero-order valence-corrected chi connectivity index (χ0v) is 12.2. The van der Waals surface area contributed by atoms with Gasteiger partial charge in [-0.25, -0.2) is 4.79 Å². The lowest BCUT2D eigenvalue weighted by Gasteiger charge is -2.49. The summed E-state index contributed by atoms with van der Waals surface area (Å²) in [6.07, 6.45) is 8.57. The number of hydrogen-bond donors (Lipinski definition) is 0. The molecule has 0 N–H and O–H groups in total. The molecule has 1 heterocycles. The fourth-order valence-electron chi connectivity index (χ4n) is 4.00. The fraction of sp³-hybridized carbons (Fsp3) is 0.588. The standard InChI is InChI=1S/C17H22O2/c1-11-7-8-17(4)13(12-9-15(18)19-10-12)5-6-14(17)16(11,2)3/h5-6,9,11H,7-8,10H2,1-4H3/t11-,17-/m0/s1. The van der Waals surface area contributed by atoms with Gasteiger partial charge in [0.2, 0.25) is 0 Å². The summed E-state index contributed by atoms with van der Waals surface area (Å²) in [6, 6.07) is 0. The van der Waals surface area contributed by atoms with Crippen molar-refractivity contribution < 1.29 is 9.53 Å². The minimum Gasteiger partial charge on any atom is -0.458 e. The molecule has 0 spiro atoms. The molecule has 0 saturated heterocycles. The Morgan fingerprint density at radius 1 is 1.26 bits per heavy atom. The third-order valence-corrected chi connectivity index (χ3v) is 5.62. The molecule has 2 aliphatic carbocycles. The van der Waals surface area contributed by atoms with Crippen molar-refractivity contribution in [2.24, 2.45) is 16.7 Å². The van der Waals surface area contributed by atoms with E-state index in [-0.39, 0.29) is 16.8 Å². The molecule has 0 aromatic rings. The van der Waals surface area contributed by atoms with Gasteiger partial charge < -0.3 is 4.74 Å². The molecule has 0 radical (unpaired) electrons. The summed E-state index contributed by atoms with van der Waals surface area (Å²) in [6.45, 7) is 9.82. The average Bonchev–Trinajstić information content (AvgIpc) is 2.89. The normalized spacial score (nSPS) is 36.3. The Labute approximate surface area is 115 Å². The number of hydrogen-bond acceptors (Lipinski definition) is 2. The van der Waals surface area contributed by atoms with E-state index in [9.17, 15) is 4.79 Å². The van der Waals surface area contributed by atoms with E-state index in [1.54, 1.807) is 6.08 Å². The average molecular weight is 258 g/mol. The third-order valence-electron chi connectivity index (χ3n) is 5.62. The molecule has 0 aromatic carbocycles. The Kier molecular flexibility index (Phi) is 2.57. The lowest BCUT2D eigenvalue weighted by atomic mass is 9.55. The second kappa shape index (κ2) is 3.84. The van der Waals surface area contributed by atoms with Crippen molar-refractivity contribution >= 4 is 5.97 Å². The van der Waals surface area contributed by atoms with E-state index in [2.05, 4.69) is 39.8 Å². The SMILES string of the molecule is C[C@H]1CC[C@@]2(C)C(C3=CC(=O)OC3)=CC=C2C1(C)C. The van der Waals surface area contributed by atoms with Crippen molar-refractivity contribution in [3.8, 4) is 0 Å². The number of ether oxygens (including phenoxy) is 1. The molecule has 0 aromatic heterocycles. The molecule has 0 unspecified atom stereocenters. The maximum Gasteiger partial charge on any atom is 0.331 e. The molecule has 19 heavy (non-hydrogen) atoms. The van der Waals surface area contributed by atoms with Crippen LogP contribution in [0.15, 0.2) is 34.9 Å². The maximum absolute atomic E-state index is 11.3. The van der Waals surface area contributed by atoms with Gasteiger partial charge in [0.1, 0.15) is 6.61 Å². The summed E-state index contributed by atoms with van der Waals surface area (Å²) >= 11 is 0. The molecule has 0 bridgehead atoms. The number of carbonyl (C=O) groups excluding carboxylic acids is 1. The van der Waals surface area contributed by atoms with Crippen molar-refractivity contribution in [2.75, 3.05) is 6.61 Å². The van der Waals surface area contributed by atoms with Crippen LogP contribution in [-0.4, -0.2) is 12.6 Å². The van der Waals surface area contributed by atoms with Gasteiger partial charge in [-0.05, 0) is 29.7 Å². The largest absolute Gasteiger partial charge is 0.458 e. The van der Waals surface area contributed by atoms with Gasteiger partial charge >= 0.3 is 5.97 Å². The number of allylic oxidation sites excluding steroid dienone is 3. The second-order valence-electron chi connectivity index (χ2n) is 6.93. The monoisotopic (exact) mass is 258 g/mol. The van der Waals surface area contributed by atoms with Crippen LogP contribution in [0.3, 0.4) is 0 Å². The maximum atomic E-state index is 11.3. The molecule has 102 valence electrons. The smallest absolute Gasteiger partial charge is 0.331 e.